The Morgan fingerprint density at radius 1 is 1.10 bits per heavy atom. The minimum absolute atomic E-state index is 0.0649. The largest absolute Gasteiger partial charge is 0.493 e. The van der Waals surface area contributed by atoms with Gasteiger partial charge in [0, 0.05) is 17.9 Å². The molecule has 0 spiro atoms. The van der Waals surface area contributed by atoms with Crippen LogP contribution in [0.25, 0.3) is 0 Å². The van der Waals surface area contributed by atoms with Crippen molar-refractivity contribution in [1.29, 1.82) is 0 Å². The average molecular weight is 305 g/mol. The van der Waals surface area contributed by atoms with E-state index in [2.05, 4.69) is 12.1 Å². The molecule has 2 aromatic rings. The third-order valence-electron chi connectivity index (χ3n) is 3.12. The number of carbonyl (C=O) groups is 1. The zero-order valence-electron chi connectivity index (χ0n) is 11.6. The quantitative estimate of drug-likeness (QED) is 0.841. The van der Waals surface area contributed by atoms with Gasteiger partial charge in [0.25, 0.3) is 0 Å². The summed E-state index contributed by atoms with van der Waals surface area (Å²) in [7, 11) is 0. The summed E-state index contributed by atoms with van der Waals surface area (Å²) in [6.07, 6.45) is 1.29. The molecule has 0 aliphatic rings. The first-order chi connectivity index (χ1) is 10.1. The topological polar surface area (TPSA) is 46.5 Å². The van der Waals surface area contributed by atoms with Gasteiger partial charge >= 0.3 is 5.97 Å². The lowest BCUT2D eigenvalue weighted by atomic mass is 10.1. The summed E-state index contributed by atoms with van der Waals surface area (Å²) >= 11 is 5.96. The van der Waals surface area contributed by atoms with E-state index >= 15 is 0 Å². The second kappa shape index (κ2) is 7.70. The predicted octanol–water partition coefficient (Wildman–Crippen LogP) is 3.98. The summed E-state index contributed by atoms with van der Waals surface area (Å²) in [4.78, 5) is 10.7. The summed E-state index contributed by atoms with van der Waals surface area (Å²) in [5.74, 6) is -0.123. The lowest BCUT2D eigenvalue weighted by Gasteiger charge is -2.11. The second-order valence-electron chi connectivity index (χ2n) is 4.73. The van der Waals surface area contributed by atoms with Crippen LogP contribution in [0.1, 0.15) is 17.5 Å². The van der Waals surface area contributed by atoms with E-state index in [4.69, 9.17) is 21.4 Å². The Bertz CT molecular complexity index is 596. The van der Waals surface area contributed by atoms with Crippen molar-refractivity contribution in [1.82, 2.24) is 0 Å². The molecule has 0 aliphatic carbocycles. The van der Waals surface area contributed by atoms with Crippen molar-refractivity contribution in [3.8, 4) is 5.75 Å². The van der Waals surface area contributed by atoms with Gasteiger partial charge < -0.3 is 9.84 Å². The molecule has 0 radical (unpaired) electrons. The van der Waals surface area contributed by atoms with E-state index in [1.807, 2.05) is 18.2 Å². The summed E-state index contributed by atoms with van der Waals surface area (Å²) in [6.45, 7) is 0.547. The van der Waals surface area contributed by atoms with Gasteiger partial charge in [-0.1, -0.05) is 41.9 Å². The van der Waals surface area contributed by atoms with E-state index in [1.165, 1.54) is 5.56 Å². The molecule has 0 heterocycles. The molecule has 0 saturated heterocycles. The van der Waals surface area contributed by atoms with Gasteiger partial charge in [0.05, 0.1) is 6.61 Å². The molecule has 0 fully saturated rings. The maximum Gasteiger partial charge on any atom is 0.303 e. The number of rotatable bonds is 7. The molecule has 2 rings (SSSR count). The van der Waals surface area contributed by atoms with Crippen molar-refractivity contribution < 1.29 is 14.6 Å². The molecule has 0 aliphatic heterocycles. The molecule has 0 aromatic heterocycles. The van der Waals surface area contributed by atoms with Crippen LogP contribution in [-0.4, -0.2) is 17.7 Å². The molecule has 0 atom stereocenters. The van der Waals surface area contributed by atoms with Crippen molar-refractivity contribution in [2.45, 2.75) is 19.3 Å². The highest BCUT2D eigenvalue weighted by atomic mass is 35.5. The number of carboxylic acids is 1. The molecule has 0 saturated carbocycles. The minimum atomic E-state index is -0.829. The molecular formula is C17H17ClO3. The molecule has 3 nitrogen and oxygen atoms in total. The number of ether oxygens (including phenoxy) is 1. The normalized spacial score (nSPS) is 10.3. The fourth-order valence-electron chi connectivity index (χ4n) is 2.05. The van der Waals surface area contributed by atoms with Crippen LogP contribution in [0.2, 0.25) is 5.02 Å². The van der Waals surface area contributed by atoms with Gasteiger partial charge in [0.2, 0.25) is 0 Å². The zero-order chi connectivity index (χ0) is 15.1. The highest BCUT2D eigenvalue weighted by Crippen LogP contribution is 2.24. The Balaban J connectivity index is 1.96. The number of aliphatic carboxylic acids is 1. The van der Waals surface area contributed by atoms with Crippen LogP contribution < -0.4 is 4.74 Å². The predicted molar refractivity (Wildman–Crippen MR) is 83.0 cm³/mol. The van der Waals surface area contributed by atoms with E-state index in [9.17, 15) is 4.79 Å². The fourth-order valence-corrected chi connectivity index (χ4v) is 2.24. The molecule has 2 aromatic carbocycles. The van der Waals surface area contributed by atoms with E-state index in [0.29, 0.717) is 23.8 Å². The lowest BCUT2D eigenvalue weighted by Crippen LogP contribution is -2.05. The van der Waals surface area contributed by atoms with Crippen molar-refractivity contribution in [3.05, 3.63) is 64.7 Å². The Labute approximate surface area is 129 Å². The second-order valence-corrected chi connectivity index (χ2v) is 5.17. The van der Waals surface area contributed by atoms with Crippen molar-refractivity contribution in [2.75, 3.05) is 6.61 Å². The third kappa shape index (κ3) is 5.12. The van der Waals surface area contributed by atoms with Gasteiger partial charge in [-0.05, 0) is 35.7 Å². The number of aryl methyl sites for hydroxylation is 1. The van der Waals surface area contributed by atoms with Crippen LogP contribution in [0.3, 0.4) is 0 Å². The van der Waals surface area contributed by atoms with E-state index in [-0.39, 0.29) is 6.42 Å². The van der Waals surface area contributed by atoms with Crippen molar-refractivity contribution in [3.63, 3.8) is 0 Å². The van der Waals surface area contributed by atoms with Crippen LogP contribution in [0, 0.1) is 0 Å². The molecule has 0 unspecified atom stereocenters. The Kier molecular flexibility index (Phi) is 5.64. The summed E-state index contributed by atoms with van der Waals surface area (Å²) in [5, 5.41) is 9.37. The average Bonchev–Trinajstić information content (AvgIpc) is 2.48. The monoisotopic (exact) mass is 304 g/mol. The first-order valence-electron chi connectivity index (χ1n) is 6.82. The molecule has 1 N–H and O–H groups in total. The van der Waals surface area contributed by atoms with Crippen LogP contribution in [0.5, 0.6) is 5.75 Å². The number of halogens is 1. The molecule has 21 heavy (non-hydrogen) atoms. The van der Waals surface area contributed by atoms with E-state index < -0.39 is 5.97 Å². The Hall–Kier alpha value is -2.00. The highest BCUT2D eigenvalue weighted by molar-refractivity contribution is 6.30. The molecule has 0 amide bonds. The highest BCUT2D eigenvalue weighted by Gasteiger charge is 2.07. The molecule has 110 valence electrons. The summed E-state index contributed by atoms with van der Waals surface area (Å²) < 4.78 is 5.78. The Morgan fingerprint density at radius 2 is 1.86 bits per heavy atom. The van der Waals surface area contributed by atoms with Crippen LogP contribution in [0.15, 0.2) is 48.5 Å². The first kappa shape index (κ1) is 15.4. The van der Waals surface area contributed by atoms with Gasteiger partial charge in [-0.2, -0.15) is 0 Å². The van der Waals surface area contributed by atoms with Crippen LogP contribution in [-0.2, 0) is 17.6 Å². The lowest BCUT2D eigenvalue weighted by molar-refractivity contribution is -0.136. The maximum absolute atomic E-state index is 10.7. The number of hydrogen-bond donors (Lipinski definition) is 1. The number of hydrogen-bond acceptors (Lipinski definition) is 2. The fraction of sp³-hybridized carbons (Fsp3) is 0.235. The molecule has 0 bridgehead atoms. The third-order valence-corrected chi connectivity index (χ3v) is 3.36. The van der Waals surface area contributed by atoms with Gasteiger partial charge in [-0.15, -0.1) is 0 Å². The number of benzene rings is 2. The van der Waals surface area contributed by atoms with Crippen LogP contribution in [0.4, 0.5) is 0 Å². The van der Waals surface area contributed by atoms with Gasteiger partial charge in [0.15, 0.2) is 0 Å². The van der Waals surface area contributed by atoms with Crippen molar-refractivity contribution in [2.24, 2.45) is 0 Å². The van der Waals surface area contributed by atoms with Gasteiger partial charge in [-0.25, -0.2) is 0 Å². The van der Waals surface area contributed by atoms with Gasteiger partial charge in [-0.3, -0.25) is 4.79 Å². The SMILES string of the molecule is O=C(O)CCc1cc(Cl)ccc1OCCc1ccccc1. The summed E-state index contributed by atoms with van der Waals surface area (Å²) in [5.41, 5.74) is 2.04. The molecular weight excluding hydrogens is 288 g/mol. The maximum atomic E-state index is 10.7. The van der Waals surface area contributed by atoms with Gasteiger partial charge in [0.1, 0.15) is 5.75 Å². The number of carboxylic acid groups (broad SMARTS) is 1. The summed E-state index contributed by atoms with van der Waals surface area (Å²) in [6, 6.07) is 15.4. The minimum Gasteiger partial charge on any atom is -0.493 e. The van der Waals surface area contributed by atoms with E-state index in [0.717, 1.165) is 12.0 Å². The van der Waals surface area contributed by atoms with Crippen LogP contribution >= 0.6 is 11.6 Å². The molecule has 4 heteroatoms. The van der Waals surface area contributed by atoms with Crippen molar-refractivity contribution >= 4 is 17.6 Å². The standard InChI is InChI=1S/C17H17ClO3/c18-15-7-8-16(14(12-15)6-9-17(19)20)21-11-10-13-4-2-1-3-5-13/h1-5,7-8,12H,6,9-11H2,(H,19,20). The smallest absolute Gasteiger partial charge is 0.303 e. The first-order valence-corrected chi connectivity index (χ1v) is 7.20. The Morgan fingerprint density at radius 3 is 2.57 bits per heavy atom. The van der Waals surface area contributed by atoms with E-state index in [1.54, 1.807) is 18.2 Å². The zero-order valence-corrected chi connectivity index (χ0v) is 12.3.